The highest BCUT2D eigenvalue weighted by Gasteiger charge is 2.56. The summed E-state index contributed by atoms with van der Waals surface area (Å²) in [7, 11) is 0. The highest BCUT2D eigenvalue weighted by atomic mass is 32.2. The van der Waals surface area contributed by atoms with Gasteiger partial charge in [-0.05, 0) is 24.7 Å². The van der Waals surface area contributed by atoms with Crippen LogP contribution in [0.15, 0.2) is 6.07 Å². The quantitative estimate of drug-likeness (QED) is 0.687. The molecule has 2 N–H and O–H groups in total. The van der Waals surface area contributed by atoms with Crippen molar-refractivity contribution in [3.63, 3.8) is 0 Å². The second-order valence-corrected chi connectivity index (χ2v) is 8.51. The van der Waals surface area contributed by atoms with Crippen molar-refractivity contribution in [2.45, 2.75) is 31.7 Å². The number of alkyl halides is 3. The summed E-state index contributed by atoms with van der Waals surface area (Å²) in [6, 6.07) is 0.985. The number of fused-ring (bicyclic) bond motifs is 1. The molecule has 3 heterocycles. The summed E-state index contributed by atoms with van der Waals surface area (Å²) in [6.45, 7) is 3.21. The third kappa shape index (κ3) is 3.40. The lowest BCUT2D eigenvalue weighted by Gasteiger charge is -2.43. The Kier molecular flexibility index (Phi) is 4.79. The molecule has 7 atom stereocenters. The van der Waals surface area contributed by atoms with Crippen LogP contribution in [0.5, 0.6) is 0 Å². The maximum atomic E-state index is 14.0. The fraction of sp³-hybridized carbons (Fsp3) is 0.750. The Balaban J connectivity index is 1.56. The summed E-state index contributed by atoms with van der Waals surface area (Å²) in [5.74, 6) is 1.48. The van der Waals surface area contributed by atoms with Crippen LogP contribution >= 0.6 is 0 Å². The molecule has 1 saturated carbocycles. The molecule has 0 bridgehead atoms. The Bertz CT molecular complexity index is 746. The number of aliphatic hydroxyl groups is 1. The summed E-state index contributed by atoms with van der Waals surface area (Å²) in [6.07, 6.45) is -6.25. The summed E-state index contributed by atoms with van der Waals surface area (Å²) in [5, 5.41) is 9.69. The Morgan fingerprint density at radius 3 is 2.44 bits per heavy atom. The Labute approximate surface area is 156 Å². The monoisotopic (exact) mass is 406 g/mol. The summed E-state index contributed by atoms with van der Waals surface area (Å²) in [5.41, 5.74) is -0.368. The number of aliphatic hydroxyl groups excluding tert-OH is 1. The predicted octanol–water partition coefficient (Wildman–Crippen LogP) is 1.23. The van der Waals surface area contributed by atoms with Gasteiger partial charge in [0, 0.05) is 25.7 Å². The van der Waals surface area contributed by atoms with Crippen molar-refractivity contribution in [3.8, 4) is 0 Å². The number of piperidine rings is 1. The molecule has 0 amide bonds. The van der Waals surface area contributed by atoms with Crippen LogP contribution in [0, 0.1) is 17.8 Å². The molecule has 1 aliphatic carbocycles. The molecule has 1 aromatic rings. The first-order valence-corrected chi connectivity index (χ1v) is 10.1. The van der Waals surface area contributed by atoms with Gasteiger partial charge in [0.2, 0.25) is 12.1 Å². The van der Waals surface area contributed by atoms with Gasteiger partial charge in [0.25, 0.3) is 6.43 Å². The van der Waals surface area contributed by atoms with Gasteiger partial charge in [-0.15, -0.1) is 0 Å². The maximum Gasteiger partial charge on any atom is 0.275 e. The molecule has 11 heteroatoms. The van der Waals surface area contributed by atoms with Crippen LogP contribution in [0.25, 0.3) is 0 Å². The number of rotatable bonds is 6. The number of anilines is 2. The van der Waals surface area contributed by atoms with E-state index in [-0.39, 0.29) is 47.7 Å². The minimum Gasteiger partial charge on any atom is -0.389 e. The zero-order valence-corrected chi connectivity index (χ0v) is 15.4. The maximum absolute atomic E-state index is 14.0. The second-order valence-electron chi connectivity index (χ2n) is 7.53. The third-order valence-corrected chi connectivity index (χ3v) is 6.61. The van der Waals surface area contributed by atoms with Crippen molar-refractivity contribution in [1.82, 2.24) is 9.97 Å². The first-order chi connectivity index (χ1) is 12.8. The van der Waals surface area contributed by atoms with E-state index in [4.69, 9.17) is 4.55 Å². The van der Waals surface area contributed by atoms with Crippen LogP contribution in [-0.2, 0) is 11.1 Å². The van der Waals surface area contributed by atoms with Crippen LogP contribution in [0.3, 0.4) is 0 Å². The number of hydrogen-bond acceptors (Lipinski definition) is 6. The van der Waals surface area contributed by atoms with Gasteiger partial charge in [0.05, 0.1) is 23.6 Å². The predicted molar refractivity (Wildman–Crippen MR) is 93.0 cm³/mol. The van der Waals surface area contributed by atoms with Crippen molar-refractivity contribution < 1.29 is 27.0 Å². The van der Waals surface area contributed by atoms with Crippen LogP contribution in [-0.4, -0.2) is 67.8 Å². The van der Waals surface area contributed by atoms with E-state index < -0.39 is 29.8 Å². The molecule has 7 nitrogen and oxygen atoms in total. The molecule has 0 spiro atoms. The number of nitrogens with zero attached hydrogens (tertiary/aromatic N) is 4. The van der Waals surface area contributed by atoms with Crippen LogP contribution in [0.1, 0.15) is 18.8 Å². The van der Waals surface area contributed by atoms with Gasteiger partial charge in [-0.1, -0.05) is 0 Å². The van der Waals surface area contributed by atoms with Crippen LogP contribution < -0.4 is 9.80 Å². The fourth-order valence-corrected chi connectivity index (χ4v) is 4.93. The van der Waals surface area contributed by atoms with Gasteiger partial charge in [-0.25, -0.2) is 22.4 Å². The van der Waals surface area contributed by atoms with Gasteiger partial charge in [0.15, 0.2) is 11.1 Å². The fourth-order valence-electron chi connectivity index (χ4n) is 4.10. The molecule has 4 rings (SSSR count). The Morgan fingerprint density at radius 2 is 1.93 bits per heavy atom. The standard InChI is InChI=1S/C16H21F3N4O3S/c1-7-12(24)5-23(7)16-20-11(14(17)15(18)19)2-13(21-16)22-3-8-9(4-22)10(8)6-27(25)26/h2,7-10,12,14-15,24H,3-6H2,1H3,(H,25,26)/t7-,8-,9+,10?,12+,14?/m0/s1. The minimum absolute atomic E-state index is 0.136. The molecule has 3 unspecified atom stereocenters. The van der Waals surface area contributed by atoms with E-state index in [1.807, 2.05) is 4.90 Å². The molecule has 27 heavy (non-hydrogen) atoms. The van der Waals surface area contributed by atoms with E-state index in [1.165, 1.54) is 6.07 Å². The molecule has 2 saturated heterocycles. The van der Waals surface area contributed by atoms with E-state index in [2.05, 4.69) is 9.97 Å². The van der Waals surface area contributed by atoms with E-state index in [0.717, 1.165) is 0 Å². The third-order valence-electron chi connectivity index (χ3n) is 5.94. The van der Waals surface area contributed by atoms with Gasteiger partial charge >= 0.3 is 0 Å². The topological polar surface area (TPSA) is 89.8 Å². The minimum atomic E-state index is -3.18. The first-order valence-electron chi connectivity index (χ1n) is 8.84. The smallest absolute Gasteiger partial charge is 0.275 e. The SMILES string of the molecule is C[C@H]1[C@H](O)CN1c1nc(C(F)C(F)F)cc(N2C[C@@H]3C(CS(=O)O)[C@@H]3C2)n1. The highest BCUT2D eigenvalue weighted by Crippen LogP contribution is 2.52. The molecular formula is C16H21F3N4O3S. The molecule has 3 aliphatic rings. The number of β-amino-alcohol motifs (C(OH)–C–C–N with tert-alkyl or cyclic N) is 1. The lowest BCUT2D eigenvalue weighted by atomic mass is 10.0. The lowest BCUT2D eigenvalue weighted by Crippen LogP contribution is -2.59. The van der Waals surface area contributed by atoms with E-state index in [0.29, 0.717) is 18.9 Å². The van der Waals surface area contributed by atoms with Crippen molar-refractivity contribution in [2.75, 3.05) is 35.2 Å². The molecular weight excluding hydrogens is 385 g/mol. The Morgan fingerprint density at radius 1 is 1.26 bits per heavy atom. The summed E-state index contributed by atoms with van der Waals surface area (Å²) in [4.78, 5) is 11.9. The first kappa shape index (κ1) is 18.9. The summed E-state index contributed by atoms with van der Waals surface area (Å²) >= 11 is -1.83. The van der Waals surface area contributed by atoms with Gasteiger partial charge in [0.1, 0.15) is 5.82 Å². The largest absolute Gasteiger partial charge is 0.389 e. The molecule has 3 fully saturated rings. The van der Waals surface area contributed by atoms with Gasteiger partial charge < -0.3 is 19.5 Å². The van der Waals surface area contributed by atoms with E-state index in [1.54, 1.807) is 11.8 Å². The molecule has 0 radical (unpaired) electrons. The van der Waals surface area contributed by atoms with Gasteiger partial charge in [-0.2, -0.15) is 4.98 Å². The summed E-state index contributed by atoms with van der Waals surface area (Å²) < 4.78 is 59.7. The number of halogens is 3. The van der Waals surface area contributed by atoms with E-state index in [9.17, 15) is 22.5 Å². The van der Waals surface area contributed by atoms with Crippen molar-refractivity contribution in [3.05, 3.63) is 11.8 Å². The average Bonchev–Trinajstić information content (AvgIpc) is 3.06. The molecule has 150 valence electrons. The number of hydrogen-bond donors (Lipinski definition) is 2. The van der Waals surface area contributed by atoms with Gasteiger partial charge in [-0.3, -0.25) is 0 Å². The second kappa shape index (κ2) is 6.85. The zero-order chi connectivity index (χ0) is 19.5. The highest BCUT2D eigenvalue weighted by molar-refractivity contribution is 7.79. The average molecular weight is 406 g/mol. The number of aromatic nitrogens is 2. The normalized spacial score (nSPS) is 34.4. The molecule has 1 aromatic heterocycles. The molecule has 2 aliphatic heterocycles. The van der Waals surface area contributed by atoms with Crippen LogP contribution in [0.2, 0.25) is 0 Å². The van der Waals surface area contributed by atoms with E-state index >= 15 is 0 Å². The van der Waals surface area contributed by atoms with Crippen LogP contribution in [0.4, 0.5) is 24.9 Å². The zero-order valence-electron chi connectivity index (χ0n) is 14.6. The van der Waals surface area contributed by atoms with Crippen molar-refractivity contribution >= 4 is 22.8 Å². The lowest BCUT2D eigenvalue weighted by molar-refractivity contribution is 0.0470. The molecule has 0 aromatic carbocycles. The Hall–Kier alpha value is -1.46. The van der Waals surface area contributed by atoms with Crippen molar-refractivity contribution in [1.29, 1.82) is 0 Å². The van der Waals surface area contributed by atoms with Crippen molar-refractivity contribution in [2.24, 2.45) is 17.8 Å².